The van der Waals surface area contributed by atoms with E-state index in [0.29, 0.717) is 6.54 Å². The van der Waals surface area contributed by atoms with Crippen LogP contribution in [0.4, 0.5) is 0 Å². The first-order valence-corrected chi connectivity index (χ1v) is 6.96. The molecule has 0 atom stereocenters. The van der Waals surface area contributed by atoms with Crippen LogP contribution in [-0.4, -0.2) is 54.6 Å². The van der Waals surface area contributed by atoms with E-state index in [1.54, 1.807) is 11.3 Å². The Hall–Kier alpha value is -0.430. The third kappa shape index (κ3) is 6.16. The van der Waals surface area contributed by atoms with Gasteiger partial charge in [0, 0.05) is 19.6 Å². The lowest BCUT2D eigenvalue weighted by Gasteiger charge is -2.21. The van der Waals surface area contributed by atoms with E-state index in [9.17, 15) is 4.79 Å². The van der Waals surface area contributed by atoms with Crippen molar-refractivity contribution in [3.05, 3.63) is 20.8 Å². The van der Waals surface area contributed by atoms with Crippen molar-refractivity contribution in [1.29, 1.82) is 0 Å². The largest absolute Gasteiger partial charge is 0.480 e. The molecule has 0 unspecified atom stereocenters. The molecule has 0 saturated heterocycles. The van der Waals surface area contributed by atoms with Gasteiger partial charge >= 0.3 is 5.97 Å². The standard InChI is InChI=1S/C11H17BrN2O2S/c1-13(2)3-4-14(7-11(15)16)6-9-5-10(12)17-8-9/h5,8H,3-4,6-7H2,1-2H3,(H,15,16). The van der Waals surface area contributed by atoms with Gasteiger partial charge in [0.15, 0.2) is 0 Å². The molecule has 0 fully saturated rings. The van der Waals surface area contributed by atoms with Crippen LogP contribution in [0.25, 0.3) is 0 Å². The predicted octanol–water partition coefficient (Wildman–Crippen LogP) is 1.96. The zero-order valence-electron chi connectivity index (χ0n) is 10.0. The van der Waals surface area contributed by atoms with Crippen LogP contribution < -0.4 is 0 Å². The first kappa shape index (κ1) is 14.6. The van der Waals surface area contributed by atoms with Gasteiger partial charge in [-0.25, -0.2) is 0 Å². The van der Waals surface area contributed by atoms with E-state index >= 15 is 0 Å². The summed E-state index contributed by atoms with van der Waals surface area (Å²) in [4.78, 5) is 14.8. The minimum atomic E-state index is -0.780. The Balaban J connectivity index is 2.53. The van der Waals surface area contributed by atoms with Gasteiger partial charge in [-0.2, -0.15) is 0 Å². The van der Waals surface area contributed by atoms with Gasteiger partial charge in [0.25, 0.3) is 0 Å². The highest BCUT2D eigenvalue weighted by atomic mass is 79.9. The number of carboxylic acids is 1. The molecular formula is C11H17BrN2O2S. The van der Waals surface area contributed by atoms with Crippen LogP contribution in [0.2, 0.25) is 0 Å². The first-order valence-electron chi connectivity index (χ1n) is 5.29. The number of thiophene rings is 1. The van der Waals surface area contributed by atoms with Gasteiger partial charge in [0.1, 0.15) is 0 Å². The molecule has 0 bridgehead atoms. The molecule has 0 aliphatic rings. The summed E-state index contributed by atoms with van der Waals surface area (Å²) < 4.78 is 1.08. The smallest absolute Gasteiger partial charge is 0.317 e. The second kappa shape index (κ2) is 7.10. The zero-order chi connectivity index (χ0) is 12.8. The molecule has 0 spiro atoms. The molecule has 0 amide bonds. The molecule has 6 heteroatoms. The average molecular weight is 321 g/mol. The van der Waals surface area contributed by atoms with Crippen molar-refractivity contribution in [2.45, 2.75) is 6.54 Å². The van der Waals surface area contributed by atoms with Gasteiger partial charge in [-0.15, -0.1) is 11.3 Å². The van der Waals surface area contributed by atoms with Crippen molar-refractivity contribution < 1.29 is 9.90 Å². The second-order valence-electron chi connectivity index (χ2n) is 4.17. The fourth-order valence-electron chi connectivity index (χ4n) is 1.43. The summed E-state index contributed by atoms with van der Waals surface area (Å²) in [5.41, 5.74) is 1.15. The van der Waals surface area contributed by atoms with Gasteiger partial charge in [-0.1, -0.05) is 0 Å². The summed E-state index contributed by atoms with van der Waals surface area (Å²) in [6.45, 7) is 2.38. The normalized spacial score (nSPS) is 11.4. The quantitative estimate of drug-likeness (QED) is 0.834. The van der Waals surface area contributed by atoms with E-state index in [4.69, 9.17) is 5.11 Å². The maximum absolute atomic E-state index is 10.8. The van der Waals surface area contributed by atoms with E-state index in [-0.39, 0.29) is 6.54 Å². The molecule has 0 radical (unpaired) electrons. The van der Waals surface area contributed by atoms with Crippen molar-refractivity contribution in [3.63, 3.8) is 0 Å². The maximum atomic E-state index is 10.8. The number of aliphatic carboxylic acids is 1. The van der Waals surface area contributed by atoms with Gasteiger partial charge in [0.05, 0.1) is 10.3 Å². The highest BCUT2D eigenvalue weighted by molar-refractivity contribution is 9.11. The first-order chi connectivity index (χ1) is 7.97. The van der Waals surface area contributed by atoms with E-state index in [2.05, 4.69) is 26.2 Å². The molecule has 4 nitrogen and oxygen atoms in total. The van der Waals surface area contributed by atoms with Crippen LogP contribution in [0.15, 0.2) is 15.2 Å². The van der Waals surface area contributed by atoms with Crippen molar-refractivity contribution in [3.8, 4) is 0 Å². The Kier molecular flexibility index (Phi) is 6.11. The van der Waals surface area contributed by atoms with E-state index < -0.39 is 5.97 Å². The van der Waals surface area contributed by atoms with Crippen LogP contribution in [-0.2, 0) is 11.3 Å². The topological polar surface area (TPSA) is 43.8 Å². The molecule has 1 aromatic rings. The van der Waals surface area contributed by atoms with Crippen LogP contribution >= 0.6 is 27.3 Å². The number of carboxylic acid groups (broad SMARTS) is 1. The molecule has 1 N–H and O–H groups in total. The maximum Gasteiger partial charge on any atom is 0.317 e. The summed E-state index contributed by atoms with van der Waals surface area (Å²) in [6, 6.07) is 2.04. The fourth-order valence-corrected chi connectivity index (χ4v) is 2.63. The number of nitrogens with zero attached hydrogens (tertiary/aromatic N) is 2. The van der Waals surface area contributed by atoms with Gasteiger partial charge < -0.3 is 10.0 Å². The SMILES string of the molecule is CN(C)CCN(CC(=O)O)Cc1csc(Br)c1. The van der Waals surface area contributed by atoms with Crippen LogP contribution in [0.1, 0.15) is 5.56 Å². The molecule has 0 aromatic carbocycles. The Morgan fingerprint density at radius 2 is 2.18 bits per heavy atom. The zero-order valence-corrected chi connectivity index (χ0v) is 12.4. The number of hydrogen-bond donors (Lipinski definition) is 1. The molecule has 0 aliphatic carbocycles. The van der Waals surface area contributed by atoms with Crippen molar-refractivity contribution in [2.75, 3.05) is 33.7 Å². The molecule has 0 saturated carbocycles. The summed E-state index contributed by atoms with van der Waals surface area (Å²) in [5.74, 6) is -0.780. The minimum Gasteiger partial charge on any atom is -0.480 e. The van der Waals surface area contributed by atoms with E-state index in [1.807, 2.05) is 25.1 Å². The fraction of sp³-hybridized carbons (Fsp3) is 0.545. The molecule has 17 heavy (non-hydrogen) atoms. The highest BCUT2D eigenvalue weighted by Crippen LogP contribution is 2.21. The van der Waals surface area contributed by atoms with Crippen molar-refractivity contribution >= 4 is 33.2 Å². The van der Waals surface area contributed by atoms with E-state index in [0.717, 1.165) is 22.4 Å². The van der Waals surface area contributed by atoms with Gasteiger partial charge in [-0.05, 0) is 47.0 Å². The third-order valence-electron chi connectivity index (χ3n) is 2.25. The third-order valence-corrected chi connectivity index (χ3v) is 3.80. The lowest BCUT2D eigenvalue weighted by atomic mass is 10.3. The molecule has 1 heterocycles. The second-order valence-corrected chi connectivity index (χ2v) is 6.46. The van der Waals surface area contributed by atoms with Crippen LogP contribution in [0.5, 0.6) is 0 Å². The Morgan fingerprint density at radius 3 is 2.65 bits per heavy atom. The summed E-state index contributed by atoms with van der Waals surface area (Å²) in [7, 11) is 3.97. The van der Waals surface area contributed by atoms with E-state index in [1.165, 1.54) is 0 Å². The summed E-state index contributed by atoms with van der Waals surface area (Å²) in [5, 5.41) is 10.9. The number of rotatable bonds is 7. The minimum absolute atomic E-state index is 0.0846. The summed E-state index contributed by atoms with van der Waals surface area (Å²) in [6.07, 6.45) is 0. The van der Waals surface area contributed by atoms with Crippen molar-refractivity contribution in [2.24, 2.45) is 0 Å². The van der Waals surface area contributed by atoms with Crippen LogP contribution in [0.3, 0.4) is 0 Å². The molecule has 96 valence electrons. The lowest BCUT2D eigenvalue weighted by Crippen LogP contribution is -2.35. The Labute approximate surface area is 114 Å². The Morgan fingerprint density at radius 1 is 1.47 bits per heavy atom. The predicted molar refractivity (Wildman–Crippen MR) is 73.5 cm³/mol. The Bertz CT molecular complexity index is 368. The molecule has 1 aromatic heterocycles. The van der Waals surface area contributed by atoms with Crippen molar-refractivity contribution in [1.82, 2.24) is 9.80 Å². The monoisotopic (exact) mass is 320 g/mol. The number of halogens is 1. The molecule has 1 rings (SSSR count). The number of likely N-dealkylation sites (N-methyl/N-ethyl adjacent to an activating group) is 1. The average Bonchev–Trinajstić information content (AvgIpc) is 2.59. The molecule has 0 aliphatic heterocycles. The van der Waals surface area contributed by atoms with Gasteiger partial charge in [-0.3, -0.25) is 9.69 Å². The highest BCUT2D eigenvalue weighted by Gasteiger charge is 2.11. The lowest BCUT2D eigenvalue weighted by molar-refractivity contribution is -0.138. The van der Waals surface area contributed by atoms with Gasteiger partial charge in [0.2, 0.25) is 0 Å². The van der Waals surface area contributed by atoms with Crippen LogP contribution in [0, 0.1) is 0 Å². The number of hydrogen-bond acceptors (Lipinski definition) is 4. The molecular weight excluding hydrogens is 304 g/mol. The summed E-state index contributed by atoms with van der Waals surface area (Å²) >= 11 is 5.03. The number of carbonyl (C=O) groups is 1.